The van der Waals surface area contributed by atoms with Crippen LogP contribution in [0.15, 0.2) is 36.4 Å². The second-order valence-electron chi connectivity index (χ2n) is 5.05. The number of benzene rings is 2. The Bertz CT molecular complexity index is 705. The molecular weight excluding hydrogens is 345 g/mol. The van der Waals surface area contributed by atoms with E-state index in [1.807, 2.05) is 0 Å². The van der Waals surface area contributed by atoms with Crippen molar-refractivity contribution in [3.05, 3.63) is 63.6 Å². The third-order valence-corrected chi connectivity index (χ3v) is 3.68. The maximum atomic E-state index is 13.5. The monoisotopic (exact) mass is 358 g/mol. The highest BCUT2D eigenvalue weighted by molar-refractivity contribution is 6.35. The van der Waals surface area contributed by atoms with Crippen LogP contribution in [0.1, 0.15) is 5.56 Å². The number of para-hydroxylation sites is 1. The van der Waals surface area contributed by atoms with Crippen molar-refractivity contribution in [1.82, 2.24) is 4.90 Å². The number of nitrogens with zero attached hydrogens (tertiary/aromatic N) is 1. The van der Waals surface area contributed by atoms with E-state index in [9.17, 15) is 13.6 Å². The van der Waals surface area contributed by atoms with E-state index in [2.05, 4.69) is 5.32 Å². The van der Waals surface area contributed by atoms with Crippen LogP contribution in [0.3, 0.4) is 0 Å². The van der Waals surface area contributed by atoms with Crippen LogP contribution < -0.4 is 5.32 Å². The van der Waals surface area contributed by atoms with Crippen LogP contribution in [0.4, 0.5) is 14.5 Å². The van der Waals surface area contributed by atoms with Gasteiger partial charge in [-0.2, -0.15) is 0 Å². The number of carbonyl (C=O) groups excluding carboxylic acids is 1. The fraction of sp³-hybridized carbons (Fsp3) is 0.188. The van der Waals surface area contributed by atoms with Gasteiger partial charge in [0.2, 0.25) is 5.91 Å². The van der Waals surface area contributed by atoms with E-state index in [4.69, 9.17) is 23.2 Å². The minimum Gasteiger partial charge on any atom is -0.320 e. The summed E-state index contributed by atoms with van der Waals surface area (Å²) in [5.74, 6) is -2.16. The predicted molar refractivity (Wildman–Crippen MR) is 87.8 cm³/mol. The molecule has 0 spiro atoms. The van der Waals surface area contributed by atoms with Gasteiger partial charge in [0, 0.05) is 16.6 Å². The number of likely N-dealkylation sites (N-methyl/N-ethyl adjacent to an activating group) is 1. The topological polar surface area (TPSA) is 32.3 Å². The second-order valence-corrected chi connectivity index (χ2v) is 5.90. The molecule has 1 N–H and O–H groups in total. The number of halogens is 4. The van der Waals surface area contributed by atoms with E-state index in [1.165, 1.54) is 6.07 Å². The largest absolute Gasteiger partial charge is 0.320 e. The zero-order valence-electron chi connectivity index (χ0n) is 12.2. The summed E-state index contributed by atoms with van der Waals surface area (Å²) in [5, 5.41) is 3.25. The molecule has 122 valence electrons. The van der Waals surface area contributed by atoms with Crippen molar-refractivity contribution < 1.29 is 13.6 Å². The molecule has 0 saturated heterocycles. The van der Waals surface area contributed by atoms with Crippen LogP contribution in [-0.2, 0) is 11.3 Å². The molecule has 0 fully saturated rings. The molecule has 0 aromatic heterocycles. The van der Waals surface area contributed by atoms with Crippen molar-refractivity contribution in [2.45, 2.75) is 6.54 Å². The molecule has 0 aliphatic rings. The van der Waals surface area contributed by atoms with Crippen LogP contribution >= 0.6 is 23.2 Å². The number of hydrogen-bond donors (Lipinski definition) is 1. The van der Waals surface area contributed by atoms with Gasteiger partial charge in [-0.05, 0) is 36.9 Å². The van der Waals surface area contributed by atoms with Gasteiger partial charge in [0.05, 0.1) is 6.54 Å². The van der Waals surface area contributed by atoms with E-state index in [-0.39, 0.29) is 6.54 Å². The molecule has 0 bridgehead atoms. The lowest BCUT2D eigenvalue weighted by atomic mass is 10.2. The van der Waals surface area contributed by atoms with Crippen LogP contribution in [0.25, 0.3) is 0 Å². The maximum Gasteiger partial charge on any atom is 0.238 e. The molecule has 2 aromatic carbocycles. The molecule has 0 aliphatic carbocycles. The van der Waals surface area contributed by atoms with E-state index in [0.29, 0.717) is 16.6 Å². The van der Waals surface area contributed by atoms with Gasteiger partial charge in [-0.3, -0.25) is 9.69 Å². The maximum absolute atomic E-state index is 13.5. The quantitative estimate of drug-likeness (QED) is 0.861. The second kappa shape index (κ2) is 7.73. The molecule has 1 amide bonds. The molecule has 2 rings (SSSR count). The van der Waals surface area contributed by atoms with Gasteiger partial charge >= 0.3 is 0 Å². The van der Waals surface area contributed by atoms with E-state index in [0.717, 1.165) is 17.7 Å². The van der Waals surface area contributed by atoms with Gasteiger partial charge in [0.1, 0.15) is 17.3 Å². The molecule has 0 aliphatic heterocycles. The Morgan fingerprint density at radius 2 is 1.83 bits per heavy atom. The highest BCUT2D eigenvalue weighted by Gasteiger charge is 2.14. The molecule has 0 unspecified atom stereocenters. The first kappa shape index (κ1) is 17.7. The fourth-order valence-corrected chi connectivity index (χ4v) is 2.51. The lowest BCUT2D eigenvalue weighted by Gasteiger charge is -2.17. The summed E-state index contributed by atoms with van der Waals surface area (Å²) in [5.41, 5.74) is 0.346. The highest BCUT2D eigenvalue weighted by Crippen LogP contribution is 2.22. The van der Waals surface area contributed by atoms with Crippen molar-refractivity contribution in [3.63, 3.8) is 0 Å². The summed E-state index contributed by atoms with van der Waals surface area (Å²) < 4.78 is 27.0. The summed E-state index contributed by atoms with van der Waals surface area (Å²) in [6.45, 7) is 0.343. The third-order valence-electron chi connectivity index (χ3n) is 3.10. The van der Waals surface area contributed by atoms with E-state index in [1.54, 1.807) is 30.1 Å². The molecular formula is C16H14Cl2F2N2O. The van der Waals surface area contributed by atoms with Crippen LogP contribution in [-0.4, -0.2) is 24.4 Å². The summed E-state index contributed by atoms with van der Waals surface area (Å²) in [7, 11) is 1.70. The zero-order valence-corrected chi connectivity index (χ0v) is 13.8. The summed E-state index contributed by atoms with van der Waals surface area (Å²) in [4.78, 5) is 13.6. The first-order chi connectivity index (χ1) is 10.9. The third kappa shape index (κ3) is 4.89. The average Bonchev–Trinajstić information content (AvgIpc) is 2.46. The van der Waals surface area contributed by atoms with Gasteiger partial charge in [-0.25, -0.2) is 8.78 Å². The first-order valence-corrected chi connectivity index (χ1v) is 7.48. The predicted octanol–water partition coefficient (Wildman–Crippen LogP) is 4.34. The van der Waals surface area contributed by atoms with E-state index < -0.39 is 23.2 Å². The van der Waals surface area contributed by atoms with Gasteiger partial charge < -0.3 is 5.32 Å². The fourth-order valence-electron chi connectivity index (χ4n) is 2.04. The molecule has 2 aromatic rings. The lowest BCUT2D eigenvalue weighted by molar-refractivity contribution is -0.117. The Morgan fingerprint density at radius 1 is 1.17 bits per heavy atom. The molecule has 23 heavy (non-hydrogen) atoms. The van der Waals surface area contributed by atoms with Gasteiger partial charge in [-0.1, -0.05) is 35.3 Å². The summed E-state index contributed by atoms with van der Waals surface area (Å²) in [6.07, 6.45) is 0. The number of hydrogen-bond acceptors (Lipinski definition) is 2. The molecule has 0 radical (unpaired) electrons. The lowest BCUT2D eigenvalue weighted by Crippen LogP contribution is -2.30. The molecule has 0 saturated carbocycles. The number of rotatable bonds is 5. The van der Waals surface area contributed by atoms with Gasteiger partial charge in [0.15, 0.2) is 0 Å². The Balaban J connectivity index is 1.97. The van der Waals surface area contributed by atoms with Crippen LogP contribution in [0, 0.1) is 11.6 Å². The minimum atomic E-state index is -0.818. The Labute approximate surface area is 142 Å². The molecule has 3 nitrogen and oxygen atoms in total. The standard InChI is InChI=1S/C16H14Cl2F2N2O/c1-22(8-10-5-6-11(17)7-12(10)18)9-15(23)21-16-13(19)3-2-4-14(16)20/h2-7H,8-9H2,1H3,(H,21,23). The number of nitrogens with one attached hydrogen (secondary N) is 1. The molecule has 7 heteroatoms. The number of carbonyl (C=O) groups is 1. The van der Waals surface area contributed by atoms with E-state index >= 15 is 0 Å². The zero-order chi connectivity index (χ0) is 17.0. The Hall–Kier alpha value is -1.69. The SMILES string of the molecule is CN(CC(=O)Nc1c(F)cccc1F)Cc1ccc(Cl)cc1Cl. The van der Waals surface area contributed by atoms with Gasteiger partial charge in [0.25, 0.3) is 0 Å². The first-order valence-electron chi connectivity index (χ1n) is 6.73. The molecule has 0 heterocycles. The summed E-state index contributed by atoms with van der Waals surface area (Å²) >= 11 is 11.9. The van der Waals surface area contributed by atoms with Crippen molar-refractivity contribution in [1.29, 1.82) is 0 Å². The Kier molecular flexibility index (Phi) is 5.93. The minimum absolute atomic E-state index is 0.0489. The smallest absolute Gasteiger partial charge is 0.238 e. The van der Waals surface area contributed by atoms with Crippen LogP contribution in [0.5, 0.6) is 0 Å². The Morgan fingerprint density at radius 3 is 2.43 bits per heavy atom. The molecule has 0 atom stereocenters. The van der Waals surface area contributed by atoms with Gasteiger partial charge in [-0.15, -0.1) is 0 Å². The van der Waals surface area contributed by atoms with Crippen molar-refractivity contribution in [3.8, 4) is 0 Å². The normalized spacial score (nSPS) is 10.9. The average molecular weight is 359 g/mol. The highest BCUT2D eigenvalue weighted by atomic mass is 35.5. The van der Waals surface area contributed by atoms with Crippen LogP contribution in [0.2, 0.25) is 10.0 Å². The number of amides is 1. The van der Waals surface area contributed by atoms with Crippen molar-refractivity contribution in [2.24, 2.45) is 0 Å². The number of anilines is 1. The summed E-state index contributed by atoms with van der Waals surface area (Å²) in [6, 6.07) is 8.46. The van der Waals surface area contributed by atoms with Crippen molar-refractivity contribution in [2.75, 3.05) is 18.9 Å². The van der Waals surface area contributed by atoms with Crippen molar-refractivity contribution >= 4 is 34.8 Å².